The van der Waals surface area contributed by atoms with Crippen LogP contribution in [0.2, 0.25) is 0 Å². The molecule has 2 atom stereocenters. The third kappa shape index (κ3) is 4.46. The van der Waals surface area contributed by atoms with Crippen molar-refractivity contribution in [2.24, 2.45) is 17.6 Å². The Hall–Kier alpha value is -0.540. The van der Waals surface area contributed by atoms with E-state index in [1.807, 2.05) is 0 Å². The first-order valence-corrected chi connectivity index (χ1v) is 8.99. The lowest BCUT2D eigenvalue weighted by atomic mass is 9.86. The minimum absolute atomic E-state index is 0.0663. The van der Waals surface area contributed by atoms with E-state index in [0.717, 1.165) is 16.3 Å². The van der Waals surface area contributed by atoms with Gasteiger partial charge in [-0.15, -0.1) is 0 Å². The van der Waals surface area contributed by atoms with Crippen LogP contribution in [0.1, 0.15) is 51.5 Å². The molecular formula is C18H29BrN2. The average molecular weight is 353 g/mol. The summed E-state index contributed by atoms with van der Waals surface area (Å²) in [4.78, 5) is 0. The van der Waals surface area contributed by atoms with Crippen LogP contribution in [-0.4, -0.2) is 12.1 Å². The Labute approximate surface area is 138 Å². The van der Waals surface area contributed by atoms with E-state index in [0.29, 0.717) is 6.54 Å². The van der Waals surface area contributed by atoms with Crippen LogP contribution in [0, 0.1) is 18.8 Å². The van der Waals surface area contributed by atoms with E-state index in [1.54, 1.807) is 0 Å². The molecule has 1 aromatic carbocycles. The number of halogens is 1. The number of benzene rings is 1. The van der Waals surface area contributed by atoms with Gasteiger partial charge in [0, 0.05) is 22.2 Å². The summed E-state index contributed by atoms with van der Waals surface area (Å²) in [5, 5.41) is 3.77. The fourth-order valence-electron chi connectivity index (χ4n) is 3.60. The van der Waals surface area contributed by atoms with Crippen LogP contribution in [-0.2, 0) is 0 Å². The van der Waals surface area contributed by atoms with Crippen molar-refractivity contribution in [2.45, 2.75) is 58.4 Å². The Balaban J connectivity index is 2.14. The van der Waals surface area contributed by atoms with Crippen LogP contribution < -0.4 is 11.1 Å². The molecule has 1 aliphatic carbocycles. The van der Waals surface area contributed by atoms with Crippen molar-refractivity contribution in [1.82, 2.24) is 0 Å². The van der Waals surface area contributed by atoms with E-state index in [1.165, 1.54) is 43.4 Å². The van der Waals surface area contributed by atoms with Gasteiger partial charge in [0.05, 0.1) is 0 Å². The van der Waals surface area contributed by atoms with Crippen molar-refractivity contribution in [1.29, 1.82) is 0 Å². The van der Waals surface area contributed by atoms with E-state index in [2.05, 4.69) is 60.2 Å². The van der Waals surface area contributed by atoms with Crippen molar-refractivity contribution < 1.29 is 0 Å². The molecule has 2 rings (SSSR count). The number of nitrogens with one attached hydrogen (secondary N) is 1. The van der Waals surface area contributed by atoms with E-state index < -0.39 is 0 Å². The van der Waals surface area contributed by atoms with Crippen LogP contribution in [0.3, 0.4) is 0 Å². The quantitative estimate of drug-likeness (QED) is 0.739. The molecule has 0 bridgehead atoms. The molecule has 3 N–H and O–H groups in total. The monoisotopic (exact) mass is 352 g/mol. The molecular weight excluding hydrogens is 324 g/mol. The third-order valence-electron chi connectivity index (χ3n) is 5.01. The minimum Gasteiger partial charge on any atom is -0.378 e. The van der Waals surface area contributed by atoms with Gasteiger partial charge in [-0.05, 0) is 61.8 Å². The van der Waals surface area contributed by atoms with Crippen LogP contribution >= 0.6 is 15.9 Å². The molecule has 0 aromatic heterocycles. The molecule has 1 aliphatic rings. The lowest BCUT2D eigenvalue weighted by Crippen LogP contribution is -2.45. The first-order chi connectivity index (χ1) is 9.94. The molecule has 2 nitrogen and oxygen atoms in total. The van der Waals surface area contributed by atoms with E-state index in [-0.39, 0.29) is 5.54 Å². The van der Waals surface area contributed by atoms with Crippen LogP contribution in [0.25, 0.3) is 0 Å². The van der Waals surface area contributed by atoms with Gasteiger partial charge in [-0.1, -0.05) is 42.6 Å². The molecule has 21 heavy (non-hydrogen) atoms. The highest BCUT2D eigenvalue weighted by molar-refractivity contribution is 9.10. The molecule has 0 radical (unpaired) electrons. The van der Waals surface area contributed by atoms with Crippen molar-refractivity contribution in [2.75, 3.05) is 11.9 Å². The number of rotatable bonds is 4. The fourth-order valence-corrected chi connectivity index (χ4v) is 4.20. The number of nitrogens with two attached hydrogens (primary N) is 1. The lowest BCUT2D eigenvalue weighted by molar-refractivity contribution is 0.332. The van der Waals surface area contributed by atoms with Gasteiger partial charge in [0.2, 0.25) is 0 Å². The van der Waals surface area contributed by atoms with Crippen LogP contribution in [0.5, 0.6) is 0 Å². The molecule has 0 amide bonds. The summed E-state index contributed by atoms with van der Waals surface area (Å²) in [7, 11) is 0. The predicted molar refractivity (Wildman–Crippen MR) is 95.7 cm³/mol. The highest BCUT2D eigenvalue weighted by Gasteiger charge is 2.32. The van der Waals surface area contributed by atoms with Gasteiger partial charge in [0.15, 0.2) is 0 Å². The normalized spacial score (nSPS) is 26.7. The standard InChI is InChI=1S/C18H29BrN2/c1-13(2)15-5-4-7-18(12-20,8-6-15)21-17-10-14(3)9-16(19)11-17/h9-11,13,15,21H,4-8,12,20H2,1-3H3. The van der Waals surface area contributed by atoms with Gasteiger partial charge >= 0.3 is 0 Å². The molecule has 3 heteroatoms. The molecule has 0 heterocycles. The second-order valence-corrected chi connectivity index (χ2v) is 7.98. The average Bonchev–Trinajstić information content (AvgIpc) is 2.61. The highest BCUT2D eigenvalue weighted by Crippen LogP contribution is 2.36. The highest BCUT2D eigenvalue weighted by atomic mass is 79.9. The Morgan fingerprint density at radius 2 is 2.05 bits per heavy atom. The first-order valence-electron chi connectivity index (χ1n) is 8.19. The Morgan fingerprint density at radius 3 is 2.67 bits per heavy atom. The topological polar surface area (TPSA) is 38.0 Å². The summed E-state index contributed by atoms with van der Waals surface area (Å²) < 4.78 is 1.13. The van der Waals surface area contributed by atoms with Gasteiger partial charge in [-0.25, -0.2) is 0 Å². The maximum atomic E-state index is 6.18. The van der Waals surface area contributed by atoms with Gasteiger partial charge < -0.3 is 11.1 Å². The molecule has 0 aliphatic heterocycles. The maximum absolute atomic E-state index is 6.18. The Kier molecular flexibility index (Phi) is 5.73. The molecule has 118 valence electrons. The molecule has 0 saturated heterocycles. The smallest absolute Gasteiger partial charge is 0.0495 e. The SMILES string of the molecule is Cc1cc(Br)cc(NC2(CN)CCCC(C(C)C)CC2)c1. The van der Waals surface area contributed by atoms with E-state index in [4.69, 9.17) is 5.73 Å². The zero-order valence-corrected chi connectivity index (χ0v) is 15.2. The van der Waals surface area contributed by atoms with Gasteiger partial charge in [-0.3, -0.25) is 0 Å². The zero-order valence-electron chi connectivity index (χ0n) is 13.6. The van der Waals surface area contributed by atoms with Crippen molar-refractivity contribution in [3.8, 4) is 0 Å². The van der Waals surface area contributed by atoms with Crippen molar-refractivity contribution in [3.63, 3.8) is 0 Å². The van der Waals surface area contributed by atoms with Crippen LogP contribution in [0.15, 0.2) is 22.7 Å². The van der Waals surface area contributed by atoms with Crippen molar-refractivity contribution in [3.05, 3.63) is 28.2 Å². The van der Waals surface area contributed by atoms with E-state index in [9.17, 15) is 0 Å². The predicted octanol–water partition coefficient (Wildman–Crippen LogP) is 5.10. The summed E-state index contributed by atoms with van der Waals surface area (Å²) in [6, 6.07) is 6.52. The molecule has 1 fully saturated rings. The van der Waals surface area contributed by atoms with E-state index >= 15 is 0 Å². The summed E-state index contributed by atoms with van der Waals surface area (Å²) in [6.45, 7) is 7.55. The summed E-state index contributed by atoms with van der Waals surface area (Å²) in [5.41, 5.74) is 8.71. The molecule has 0 spiro atoms. The van der Waals surface area contributed by atoms with Gasteiger partial charge in [-0.2, -0.15) is 0 Å². The van der Waals surface area contributed by atoms with Crippen molar-refractivity contribution >= 4 is 21.6 Å². The number of anilines is 1. The van der Waals surface area contributed by atoms with Crippen LogP contribution in [0.4, 0.5) is 5.69 Å². The summed E-state index contributed by atoms with van der Waals surface area (Å²) in [5.74, 6) is 1.64. The van der Waals surface area contributed by atoms with Gasteiger partial charge in [0.1, 0.15) is 0 Å². The number of aryl methyl sites for hydroxylation is 1. The zero-order chi connectivity index (χ0) is 15.5. The summed E-state index contributed by atoms with van der Waals surface area (Å²) >= 11 is 3.59. The molecule has 2 unspecified atom stereocenters. The number of hydrogen-bond donors (Lipinski definition) is 2. The minimum atomic E-state index is 0.0663. The third-order valence-corrected chi connectivity index (χ3v) is 5.47. The first kappa shape index (κ1) is 16.8. The fraction of sp³-hybridized carbons (Fsp3) is 0.667. The largest absolute Gasteiger partial charge is 0.378 e. The van der Waals surface area contributed by atoms with Gasteiger partial charge in [0.25, 0.3) is 0 Å². The molecule has 1 saturated carbocycles. The number of hydrogen-bond acceptors (Lipinski definition) is 2. The summed E-state index contributed by atoms with van der Waals surface area (Å²) in [6.07, 6.45) is 6.27. The maximum Gasteiger partial charge on any atom is 0.0495 e. The second kappa shape index (κ2) is 7.15. The molecule has 1 aromatic rings. The Morgan fingerprint density at radius 1 is 1.29 bits per heavy atom. The second-order valence-electron chi connectivity index (χ2n) is 7.06. The Bertz CT molecular complexity index is 452. The lowest BCUT2D eigenvalue weighted by Gasteiger charge is -2.34.